The largest absolute Gasteiger partial charge is 0.510 e. The third-order valence-corrected chi connectivity index (χ3v) is 0.525. The zero-order valence-corrected chi connectivity index (χ0v) is 4.11. The predicted molar refractivity (Wildman–Crippen MR) is 26.6 cm³/mol. The molecule has 0 rings (SSSR count). The standard InChI is InChI=1S/C5H7FO/c1-3-5(6)4(2)7/h3,7H,1H2,2H3/b5-4+. The van der Waals surface area contributed by atoms with E-state index in [1.807, 2.05) is 0 Å². The van der Waals surface area contributed by atoms with Crippen molar-refractivity contribution in [2.75, 3.05) is 0 Å². The van der Waals surface area contributed by atoms with Crippen LogP contribution in [0.15, 0.2) is 24.2 Å². The Bertz CT molecular complexity index is 101. The number of halogens is 1. The fourth-order valence-corrected chi connectivity index (χ4v) is 0.148. The van der Waals surface area contributed by atoms with E-state index in [9.17, 15) is 4.39 Å². The van der Waals surface area contributed by atoms with E-state index in [1.54, 1.807) is 0 Å². The lowest BCUT2D eigenvalue weighted by Crippen LogP contribution is -1.72. The number of aliphatic hydroxyl groups is 1. The van der Waals surface area contributed by atoms with E-state index in [4.69, 9.17) is 5.11 Å². The molecule has 0 fully saturated rings. The number of allylic oxidation sites excluding steroid dienone is 3. The van der Waals surface area contributed by atoms with Crippen LogP contribution in [0.2, 0.25) is 0 Å². The Kier molecular flexibility index (Phi) is 2.12. The summed E-state index contributed by atoms with van der Waals surface area (Å²) in [6.07, 6.45) is 0.954. The van der Waals surface area contributed by atoms with E-state index in [-0.39, 0.29) is 5.76 Å². The molecule has 0 atom stereocenters. The molecule has 0 aromatic heterocycles. The average Bonchev–Trinajstić information content (AvgIpc) is 1.65. The van der Waals surface area contributed by atoms with Gasteiger partial charge in [0.1, 0.15) is 5.76 Å². The first-order chi connectivity index (χ1) is 3.18. The van der Waals surface area contributed by atoms with Crippen LogP contribution in [0.4, 0.5) is 4.39 Å². The summed E-state index contributed by atoms with van der Waals surface area (Å²) in [7, 11) is 0. The molecule has 2 heteroatoms. The lowest BCUT2D eigenvalue weighted by atomic mass is 10.4. The average molecular weight is 102 g/mol. The van der Waals surface area contributed by atoms with Crippen molar-refractivity contribution in [2.45, 2.75) is 6.92 Å². The van der Waals surface area contributed by atoms with Gasteiger partial charge in [0.15, 0.2) is 5.83 Å². The second kappa shape index (κ2) is 2.39. The molecule has 0 heterocycles. The van der Waals surface area contributed by atoms with Gasteiger partial charge < -0.3 is 5.11 Å². The second-order valence-electron chi connectivity index (χ2n) is 1.14. The summed E-state index contributed by atoms with van der Waals surface area (Å²) in [4.78, 5) is 0. The first kappa shape index (κ1) is 6.21. The van der Waals surface area contributed by atoms with Crippen LogP contribution in [0.1, 0.15) is 6.92 Å². The molecule has 0 aromatic rings. The number of aliphatic hydroxyl groups excluding tert-OH is 1. The van der Waals surface area contributed by atoms with Gasteiger partial charge in [0.05, 0.1) is 0 Å². The van der Waals surface area contributed by atoms with Crippen molar-refractivity contribution in [3.8, 4) is 0 Å². The number of hydrogen-bond donors (Lipinski definition) is 1. The molecule has 0 unspecified atom stereocenters. The lowest BCUT2D eigenvalue weighted by molar-refractivity contribution is 0.388. The molecule has 0 amide bonds. The maximum Gasteiger partial charge on any atom is 0.159 e. The van der Waals surface area contributed by atoms with Gasteiger partial charge in [-0.15, -0.1) is 0 Å². The van der Waals surface area contributed by atoms with Crippen LogP contribution in [0.5, 0.6) is 0 Å². The van der Waals surface area contributed by atoms with Crippen molar-refractivity contribution in [3.05, 3.63) is 24.2 Å². The van der Waals surface area contributed by atoms with Gasteiger partial charge in [-0.1, -0.05) is 6.58 Å². The minimum atomic E-state index is -0.667. The zero-order chi connectivity index (χ0) is 5.86. The van der Waals surface area contributed by atoms with Crippen LogP contribution in [0.3, 0.4) is 0 Å². The van der Waals surface area contributed by atoms with Gasteiger partial charge in [-0.3, -0.25) is 0 Å². The smallest absolute Gasteiger partial charge is 0.159 e. The van der Waals surface area contributed by atoms with E-state index in [0.29, 0.717) is 0 Å². The van der Waals surface area contributed by atoms with Crippen LogP contribution < -0.4 is 0 Å². The lowest BCUT2D eigenvalue weighted by Gasteiger charge is -1.84. The molecule has 0 aliphatic heterocycles. The van der Waals surface area contributed by atoms with E-state index >= 15 is 0 Å². The summed E-state index contributed by atoms with van der Waals surface area (Å²) < 4.78 is 11.8. The minimum absolute atomic E-state index is 0.324. The van der Waals surface area contributed by atoms with E-state index in [2.05, 4.69) is 6.58 Å². The van der Waals surface area contributed by atoms with Crippen molar-refractivity contribution in [1.29, 1.82) is 0 Å². The number of rotatable bonds is 1. The van der Waals surface area contributed by atoms with E-state index in [0.717, 1.165) is 6.08 Å². The first-order valence-corrected chi connectivity index (χ1v) is 1.86. The Labute approximate surface area is 41.8 Å². The highest BCUT2D eigenvalue weighted by atomic mass is 19.1. The van der Waals surface area contributed by atoms with Gasteiger partial charge in [0.2, 0.25) is 0 Å². The fourth-order valence-electron chi connectivity index (χ4n) is 0.148. The minimum Gasteiger partial charge on any atom is -0.510 e. The molecule has 0 aromatic carbocycles. The molecule has 7 heavy (non-hydrogen) atoms. The van der Waals surface area contributed by atoms with Crippen LogP contribution in [0.25, 0.3) is 0 Å². The van der Waals surface area contributed by atoms with E-state index in [1.165, 1.54) is 6.92 Å². The molecular formula is C5H7FO. The Morgan fingerprint density at radius 1 is 1.86 bits per heavy atom. The molecule has 0 bridgehead atoms. The van der Waals surface area contributed by atoms with Crippen molar-refractivity contribution < 1.29 is 9.50 Å². The summed E-state index contributed by atoms with van der Waals surface area (Å²) in [6.45, 7) is 4.35. The summed E-state index contributed by atoms with van der Waals surface area (Å²) >= 11 is 0. The Morgan fingerprint density at radius 2 is 2.29 bits per heavy atom. The molecule has 0 spiro atoms. The molecule has 0 saturated carbocycles. The van der Waals surface area contributed by atoms with Crippen LogP contribution in [-0.4, -0.2) is 5.11 Å². The van der Waals surface area contributed by atoms with Gasteiger partial charge in [-0.25, -0.2) is 4.39 Å². The normalized spacial score (nSPS) is 12.9. The fraction of sp³-hybridized carbons (Fsp3) is 0.200. The highest BCUT2D eigenvalue weighted by Crippen LogP contribution is 2.00. The second-order valence-corrected chi connectivity index (χ2v) is 1.14. The van der Waals surface area contributed by atoms with Gasteiger partial charge in [-0.05, 0) is 13.0 Å². The van der Waals surface area contributed by atoms with Crippen molar-refractivity contribution >= 4 is 0 Å². The topological polar surface area (TPSA) is 20.2 Å². The molecule has 1 N–H and O–H groups in total. The Morgan fingerprint density at radius 3 is 2.29 bits per heavy atom. The Balaban J connectivity index is 3.98. The molecule has 0 radical (unpaired) electrons. The maximum atomic E-state index is 11.8. The van der Waals surface area contributed by atoms with Crippen molar-refractivity contribution in [3.63, 3.8) is 0 Å². The van der Waals surface area contributed by atoms with Gasteiger partial charge >= 0.3 is 0 Å². The molecule has 40 valence electrons. The molecular weight excluding hydrogens is 95.1 g/mol. The quantitative estimate of drug-likeness (QED) is 0.396. The molecule has 0 aliphatic carbocycles. The monoisotopic (exact) mass is 102 g/mol. The van der Waals surface area contributed by atoms with E-state index < -0.39 is 5.83 Å². The zero-order valence-electron chi connectivity index (χ0n) is 4.11. The summed E-state index contributed by atoms with van der Waals surface area (Å²) in [5, 5.41) is 8.25. The SMILES string of the molecule is C=C/C(F)=C(/C)O. The summed E-state index contributed by atoms with van der Waals surface area (Å²) in [6, 6.07) is 0. The summed E-state index contributed by atoms with van der Waals surface area (Å²) in [5.41, 5.74) is 0. The molecule has 0 saturated heterocycles. The van der Waals surface area contributed by atoms with Crippen LogP contribution >= 0.6 is 0 Å². The highest BCUT2D eigenvalue weighted by Gasteiger charge is 1.88. The van der Waals surface area contributed by atoms with Crippen LogP contribution in [-0.2, 0) is 0 Å². The maximum absolute atomic E-state index is 11.8. The van der Waals surface area contributed by atoms with Crippen molar-refractivity contribution in [2.24, 2.45) is 0 Å². The van der Waals surface area contributed by atoms with Gasteiger partial charge in [0.25, 0.3) is 0 Å². The molecule has 1 nitrogen and oxygen atoms in total. The third-order valence-electron chi connectivity index (χ3n) is 0.525. The predicted octanol–water partition coefficient (Wildman–Crippen LogP) is 1.93. The number of hydrogen-bond acceptors (Lipinski definition) is 1. The van der Waals surface area contributed by atoms with Gasteiger partial charge in [-0.2, -0.15) is 0 Å². The molecule has 0 aliphatic rings. The van der Waals surface area contributed by atoms with Gasteiger partial charge in [0, 0.05) is 0 Å². The Hall–Kier alpha value is -0.790. The third kappa shape index (κ3) is 1.98. The first-order valence-electron chi connectivity index (χ1n) is 1.86. The highest BCUT2D eigenvalue weighted by molar-refractivity contribution is 5.09. The van der Waals surface area contributed by atoms with Crippen LogP contribution in [0, 0.1) is 0 Å². The summed E-state index contributed by atoms with van der Waals surface area (Å²) in [5.74, 6) is -0.991. The van der Waals surface area contributed by atoms with Crippen molar-refractivity contribution in [1.82, 2.24) is 0 Å².